The van der Waals surface area contributed by atoms with Gasteiger partial charge in [-0.15, -0.1) is 0 Å². The molecule has 6 rings (SSSR count). The van der Waals surface area contributed by atoms with Gasteiger partial charge < -0.3 is 14.5 Å². The van der Waals surface area contributed by atoms with Crippen molar-refractivity contribution in [1.29, 1.82) is 0 Å². The Bertz CT molecular complexity index is 1430. The van der Waals surface area contributed by atoms with Crippen LogP contribution < -0.4 is 5.69 Å². The van der Waals surface area contributed by atoms with E-state index in [1.165, 1.54) is 0 Å². The normalized spacial score (nSPS) is 19.2. The SMILES string of the molecule is O=C(CN1CCn2cccc2C1c1ccccc1Cl)N1CCC(n2c(=O)[nH]c3ccccc32)CC1. The summed E-state index contributed by atoms with van der Waals surface area (Å²) in [6.45, 7) is 3.28. The lowest BCUT2D eigenvalue weighted by Gasteiger charge is -2.39. The Hall–Kier alpha value is -3.29. The highest BCUT2D eigenvalue weighted by Gasteiger charge is 2.33. The smallest absolute Gasteiger partial charge is 0.326 e. The van der Waals surface area contributed by atoms with Gasteiger partial charge in [-0.3, -0.25) is 14.3 Å². The number of fused-ring (bicyclic) bond motifs is 2. The van der Waals surface area contributed by atoms with E-state index in [1.54, 1.807) is 0 Å². The van der Waals surface area contributed by atoms with Crippen LogP contribution in [0.15, 0.2) is 71.7 Å². The Morgan fingerprint density at radius 1 is 0.943 bits per heavy atom. The molecule has 1 atom stereocenters. The maximum atomic E-state index is 13.4. The number of benzene rings is 2. The second-order valence-corrected chi connectivity index (χ2v) is 9.86. The van der Waals surface area contributed by atoms with E-state index < -0.39 is 0 Å². The molecule has 2 aliphatic heterocycles. The lowest BCUT2D eigenvalue weighted by Crippen LogP contribution is -2.48. The Morgan fingerprint density at radius 3 is 2.54 bits per heavy atom. The number of carbonyl (C=O) groups excluding carboxylic acids is 1. The van der Waals surface area contributed by atoms with Gasteiger partial charge in [-0.05, 0) is 48.7 Å². The summed E-state index contributed by atoms with van der Waals surface area (Å²) in [5.41, 5.74) is 3.90. The predicted octanol–water partition coefficient (Wildman–Crippen LogP) is 4.05. The number of rotatable bonds is 4. The molecule has 2 aromatic carbocycles. The molecule has 2 aromatic heterocycles. The maximum absolute atomic E-state index is 13.4. The number of nitrogens with one attached hydrogen (secondary N) is 1. The van der Waals surface area contributed by atoms with Gasteiger partial charge >= 0.3 is 5.69 Å². The van der Waals surface area contributed by atoms with Crippen LogP contribution in [0.5, 0.6) is 0 Å². The fourth-order valence-electron chi connectivity index (χ4n) is 5.74. The first-order chi connectivity index (χ1) is 17.1. The molecule has 1 unspecified atom stereocenters. The van der Waals surface area contributed by atoms with Gasteiger partial charge in [0.15, 0.2) is 0 Å². The van der Waals surface area contributed by atoms with Crippen LogP contribution in [0.25, 0.3) is 11.0 Å². The van der Waals surface area contributed by atoms with Crippen molar-refractivity contribution in [3.8, 4) is 0 Å². The number of hydrogen-bond donors (Lipinski definition) is 1. The lowest BCUT2D eigenvalue weighted by atomic mass is 9.99. The number of likely N-dealkylation sites (tertiary alicyclic amines) is 1. The molecule has 1 amide bonds. The van der Waals surface area contributed by atoms with Crippen LogP contribution >= 0.6 is 11.6 Å². The first-order valence-electron chi connectivity index (χ1n) is 12.2. The topological polar surface area (TPSA) is 66.3 Å². The van der Waals surface area contributed by atoms with Crippen molar-refractivity contribution in [2.75, 3.05) is 26.2 Å². The summed E-state index contributed by atoms with van der Waals surface area (Å²) in [6, 6.07) is 19.9. The molecule has 0 radical (unpaired) electrons. The van der Waals surface area contributed by atoms with Gasteiger partial charge in [0.1, 0.15) is 0 Å². The standard InChI is InChI=1S/C27H28ClN5O2/c28-21-7-2-1-6-20(21)26-24-10-5-13-30(24)16-17-32(26)18-25(34)31-14-11-19(12-15-31)33-23-9-4-3-8-22(23)29-27(33)35/h1-10,13,19,26H,11-12,14-18H2,(H,29,35). The van der Waals surface area contributed by atoms with Gasteiger partial charge in [0, 0.05) is 49.1 Å². The zero-order valence-corrected chi connectivity index (χ0v) is 20.2. The molecule has 1 N–H and O–H groups in total. The number of aromatic amines is 1. The molecular weight excluding hydrogens is 462 g/mol. The monoisotopic (exact) mass is 489 g/mol. The third kappa shape index (κ3) is 3.98. The summed E-state index contributed by atoms with van der Waals surface area (Å²) < 4.78 is 4.11. The third-order valence-electron chi connectivity index (χ3n) is 7.48. The molecule has 7 nitrogen and oxygen atoms in total. The molecule has 4 aromatic rings. The summed E-state index contributed by atoms with van der Waals surface area (Å²) in [6.07, 6.45) is 3.63. The number of halogens is 1. The molecule has 0 bridgehead atoms. The van der Waals surface area contributed by atoms with Crippen molar-refractivity contribution in [2.45, 2.75) is 31.5 Å². The minimum Gasteiger partial charge on any atom is -0.348 e. The molecule has 180 valence electrons. The minimum absolute atomic E-state index is 0.0567. The molecule has 0 saturated carbocycles. The summed E-state index contributed by atoms with van der Waals surface area (Å²) in [5.74, 6) is 0.131. The van der Waals surface area contributed by atoms with Gasteiger partial charge in [-0.25, -0.2) is 4.79 Å². The zero-order chi connectivity index (χ0) is 23.9. The van der Waals surface area contributed by atoms with Gasteiger partial charge in [0.2, 0.25) is 5.91 Å². The third-order valence-corrected chi connectivity index (χ3v) is 7.83. The molecule has 8 heteroatoms. The van der Waals surface area contributed by atoms with E-state index in [4.69, 9.17) is 11.6 Å². The Morgan fingerprint density at radius 2 is 1.71 bits per heavy atom. The van der Waals surface area contributed by atoms with E-state index in [1.807, 2.05) is 51.9 Å². The molecular formula is C27H28ClN5O2. The number of piperidine rings is 1. The molecule has 0 aliphatic carbocycles. The van der Waals surface area contributed by atoms with Gasteiger partial charge in [-0.2, -0.15) is 0 Å². The molecule has 0 spiro atoms. The Kier molecular flexibility index (Phi) is 5.74. The van der Waals surface area contributed by atoms with Crippen molar-refractivity contribution in [2.24, 2.45) is 0 Å². The number of para-hydroxylation sites is 2. The Labute approximate surface area is 208 Å². The number of amides is 1. The average Bonchev–Trinajstić information content (AvgIpc) is 3.48. The second-order valence-electron chi connectivity index (χ2n) is 9.45. The van der Waals surface area contributed by atoms with Crippen molar-refractivity contribution in [1.82, 2.24) is 23.9 Å². The number of aromatic nitrogens is 3. The molecule has 1 saturated heterocycles. The number of hydrogen-bond acceptors (Lipinski definition) is 3. The van der Waals surface area contributed by atoms with Crippen LogP contribution in [0.4, 0.5) is 0 Å². The van der Waals surface area contributed by atoms with E-state index in [2.05, 4.69) is 38.8 Å². The maximum Gasteiger partial charge on any atom is 0.326 e. The molecule has 2 aliphatic rings. The van der Waals surface area contributed by atoms with Crippen LogP contribution in [-0.4, -0.2) is 56.0 Å². The Balaban J connectivity index is 1.18. The number of H-pyrrole nitrogens is 1. The van der Waals surface area contributed by atoms with Gasteiger partial charge in [-0.1, -0.05) is 41.9 Å². The highest BCUT2D eigenvalue weighted by atomic mass is 35.5. The first-order valence-corrected chi connectivity index (χ1v) is 12.6. The lowest BCUT2D eigenvalue weighted by molar-refractivity contribution is -0.134. The van der Waals surface area contributed by atoms with Crippen molar-refractivity contribution >= 4 is 28.5 Å². The summed E-state index contributed by atoms with van der Waals surface area (Å²) in [4.78, 5) is 33.2. The van der Waals surface area contributed by atoms with E-state index in [0.29, 0.717) is 19.6 Å². The predicted molar refractivity (Wildman–Crippen MR) is 137 cm³/mol. The van der Waals surface area contributed by atoms with Crippen LogP contribution in [0, 0.1) is 0 Å². The first kappa shape index (κ1) is 22.2. The molecule has 35 heavy (non-hydrogen) atoms. The van der Waals surface area contributed by atoms with E-state index in [9.17, 15) is 9.59 Å². The second kappa shape index (κ2) is 9.06. The van der Waals surface area contributed by atoms with Gasteiger partial charge in [0.25, 0.3) is 0 Å². The minimum atomic E-state index is -0.0742. The van der Waals surface area contributed by atoms with Crippen LogP contribution in [0.1, 0.15) is 36.2 Å². The summed E-state index contributed by atoms with van der Waals surface area (Å²) >= 11 is 6.60. The quantitative estimate of drug-likeness (QED) is 0.470. The van der Waals surface area contributed by atoms with Crippen molar-refractivity contribution < 1.29 is 4.79 Å². The van der Waals surface area contributed by atoms with E-state index >= 15 is 0 Å². The van der Waals surface area contributed by atoms with Crippen LogP contribution in [0.2, 0.25) is 5.02 Å². The van der Waals surface area contributed by atoms with Crippen LogP contribution in [0.3, 0.4) is 0 Å². The fourth-order valence-corrected chi connectivity index (χ4v) is 5.98. The van der Waals surface area contributed by atoms with Crippen LogP contribution in [-0.2, 0) is 11.3 Å². The largest absolute Gasteiger partial charge is 0.348 e. The zero-order valence-electron chi connectivity index (χ0n) is 19.4. The van der Waals surface area contributed by atoms with Gasteiger partial charge in [0.05, 0.1) is 23.6 Å². The average molecular weight is 490 g/mol. The molecule has 4 heterocycles. The highest BCUT2D eigenvalue weighted by molar-refractivity contribution is 6.31. The molecule has 1 fully saturated rings. The highest BCUT2D eigenvalue weighted by Crippen LogP contribution is 2.36. The van der Waals surface area contributed by atoms with E-state index in [0.717, 1.165) is 53.2 Å². The summed E-state index contributed by atoms with van der Waals surface area (Å²) in [7, 11) is 0. The summed E-state index contributed by atoms with van der Waals surface area (Å²) in [5, 5.41) is 0.717. The van der Waals surface area contributed by atoms with E-state index in [-0.39, 0.29) is 23.7 Å². The fraction of sp³-hybridized carbons (Fsp3) is 0.333. The number of nitrogens with zero attached hydrogens (tertiary/aromatic N) is 4. The number of imidazole rings is 1. The van der Waals surface area contributed by atoms with Crippen molar-refractivity contribution in [3.05, 3.63) is 93.6 Å². The van der Waals surface area contributed by atoms with Crippen molar-refractivity contribution in [3.63, 3.8) is 0 Å². The number of carbonyl (C=O) groups is 1.